The van der Waals surface area contributed by atoms with E-state index in [1.54, 1.807) is 0 Å². The van der Waals surface area contributed by atoms with E-state index in [0.717, 1.165) is 45.3 Å². The van der Waals surface area contributed by atoms with Crippen molar-refractivity contribution in [2.75, 3.05) is 19.6 Å². The molecule has 1 amide bonds. The molecule has 0 unspecified atom stereocenters. The molecule has 1 aromatic rings. The van der Waals surface area contributed by atoms with Gasteiger partial charge in [0, 0.05) is 12.6 Å². The first-order valence-corrected chi connectivity index (χ1v) is 6.71. The van der Waals surface area contributed by atoms with Crippen molar-refractivity contribution >= 4 is 5.91 Å². The van der Waals surface area contributed by atoms with Crippen molar-refractivity contribution in [1.29, 1.82) is 0 Å². The van der Waals surface area contributed by atoms with Crippen LogP contribution in [0.15, 0.2) is 6.33 Å². The molecule has 0 bridgehead atoms. The maximum Gasteiger partial charge on any atom is 0.291 e. The molecular weight excluding hydrogens is 230 g/mol. The Morgan fingerprint density at radius 3 is 2.72 bits per heavy atom. The quantitative estimate of drug-likeness (QED) is 0.810. The number of hydrogen-bond donors (Lipinski definition) is 2. The van der Waals surface area contributed by atoms with E-state index < -0.39 is 0 Å². The van der Waals surface area contributed by atoms with E-state index in [1.807, 2.05) is 4.90 Å². The van der Waals surface area contributed by atoms with Gasteiger partial charge in [0.05, 0.1) is 0 Å². The predicted octanol–water partition coefficient (Wildman–Crippen LogP) is 0.409. The van der Waals surface area contributed by atoms with Gasteiger partial charge in [0.1, 0.15) is 6.33 Å². The third kappa shape index (κ3) is 2.53. The highest BCUT2D eigenvalue weighted by Gasteiger charge is 2.35. The lowest BCUT2D eigenvalue weighted by atomic mass is 9.97. The minimum atomic E-state index is 0.00790. The first-order valence-electron chi connectivity index (χ1n) is 6.71. The average Bonchev–Trinajstić information content (AvgIpc) is 3.10. The maximum atomic E-state index is 12.3. The van der Waals surface area contributed by atoms with Crippen LogP contribution in [0, 0.1) is 5.92 Å². The second kappa shape index (κ2) is 5.06. The van der Waals surface area contributed by atoms with Crippen molar-refractivity contribution < 1.29 is 4.79 Å². The first-order chi connectivity index (χ1) is 8.84. The summed E-state index contributed by atoms with van der Waals surface area (Å²) in [6.07, 6.45) is 5.97. The minimum absolute atomic E-state index is 0.00790. The van der Waals surface area contributed by atoms with Crippen LogP contribution in [0.4, 0.5) is 0 Å². The Balaban J connectivity index is 1.66. The van der Waals surface area contributed by atoms with E-state index in [0.29, 0.717) is 17.8 Å². The van der Waals surface area contributed by atoms with Crippen LogP contribution in [-0.2, 0) is 0 Å². The third-order valence-electron chi connectivity index (χ3n) is 3.78. The SMILES string of the molecule is O=C(c1ncn[nH]1)N(CC1CCNCC1)C1CC1. The van der Waals surface area contributed by atoms with Crippen molar-refractivity contribution in [3.05, 3.63) is 12.2 Å². The minimum Gasteiger partial charge on any atom is -0.333 e. The van der Waals surface area contributed by atoms with Crippen LogP contribution < -0.4 is 5.32 Å². The number of hydrogen-bond acceptors (Lipinski definition) is 4. The van der Waals surface area contributed by atoms with Gasteiger partial charge in [-0.25, -0.2) is 4.98 Å². The zero-order valence-corrected chi connectivity index (χ0v) is 10.4. The Bertz CT molecular complexity index is 395. The maximum absolute atomic E-state index is 12.3. The summed E-state index contributed by atoms with van der Waals surface area (Å²) in [5, 5.41) is 9.79. The smallest absolute Gasteiger partial charge is 0.291 e. The van der Waals surface area contributed by atoms with Gasteiger partial charge in [-0.15, -0.1) is 0 Å². The predicted molar refractivity (Wildman–Crippen MR) is 66.0 cm³/mol. The summed E-state index contributed by atoms with van der Waals surface area (Å²) < 4.78 is 0. The van der Waals surface area contributed by atoms with E-state index in [-0.39, 0.29) is 5.91 Å². The number of H-pyrrole nitrogens is 1. The molecule has 1 aliphatic heterocycles. The molecule has 1 aromatic heterocycles. The van der Waals surface area contributed by atoms with Crippen LogP contribution >= 0.6 is 0 Å². The second-order valence-electron chi connectivity index (χ2n) is 5.22. The van der Waals surface area contributed by atoms with E-state index >= 15 is 0 Å². The summed E-state index contributed by atoms with van der Waals surface area (Å²) in [7, 11) is 0. The molecule has 1 aliphatic carbocycles. The summed E-state index contributed by atoms with van der Waals surface area (Å²) >= 11 is 0. The molecule has 98 valence electrons. The summed E-state index contributed by atoms with van der Waals surface area (Å²) in [5.74, 6) is 1.00. The fraction of sp³-hybridized carbons (Fsp3) is 0.750. The monoisotopic (exact) mass is 249 g/mol. The lowest BCUT2D eigenvalue weighted by Crippen LogP contribution is -2.41. The number of nitrogens with zero attached hydrogens (tertiary/aromatic N) is 3. The molecule has 2 heterocycles. The molecule has 0 radical (unpaired) electrons. The normalized spacial score (nSPS) is 20.9. The summed E-state index contributed by atoms with van der Waals surface area (Å²) in [5.41, 5.74) is 0. The molecule has 2 N–H and O–H groups in total. The van der Waals surface area contributed by atoms with Gasteiger partial charge in [-0.05, 0) is 44.7 Å². The molecule has 1 saturated carbocycles. The molecule has 2 aliphatic rings. The van der Waals surface area contributed by atoms with Gasteiger partial charge >= 0.3 is 0 Å². The number of rotatable bonds is 4. The number of aromatic nitrogens is 3. The second-order valence-corrected chi connectivity index (χ2v) is 5.22. The number of carbonyl (C=O) groups is 1. The molecule has 0 atom stereocenters. The topological polar surface area (TPSA) is 73.9 Å². The molecule has 18 heavy (non-hydrogen) atoms. The van der Waals surface area contributed by atoms with Gasteiger partial charge < -0.3 is 10.2 Å². The molecule has 6 heteroatoms. The number of amides is 1. The summed E-state index contributed by atoms with van der Waals surface area (Å²) in [6.45, 7) is 3.01. The van der Waals surface area contributed by atoms with E-state index in [4.69, 9.17) is 0 Å². The Labute approximate surface area is 106 Å². The van der Waals surface area contributed by atoms with Gasteiger partial charge in [0.15, 0.2) is 0 Å². The van der Waals surface area contributed by atoms with Crippen LogP contribution in [-0.4, -0.2) is 51.7 Å². The Morgan fingerprint density at radius 2 is 2.11 bits per heavy atom. The van der Waals surface area contributed by atoms with Crippen molar-refractivity contribution in [2.45, 2.75) is 31.7 Å². The highest BCUT2D eigenvalue weighted by atomic mass is 16.2. The molecular formula is C12H19N5O. The largest absolute Gasteiger partial charge is 0.333 e. The summed E-state index contributed by atoms with van der Waals surface area (Å²) in [6, 6.07) is 0.428. The van der Waals surface area contributed by atoms with Crippen LogP contribution in [0.5, 0.6) is 0 Å². The van der Waals surface area contributed by atoms with Crippen molar-refractivity contribution in [1.82, 2.24) is 25.4 Å². The van der Waals surface area contributed by atoms with Crippen molar-refractivity contribution in [2.24, 2.45) is 5.92 Å². The fourth-order valence-electron chi connectivity index (χ4n) is 2.57. The lowest BCUT2D eigenvalue weighted by Gasteiger charge is -2.29. The van der Waals surface area contributed by atoms with Crippen molar-refractivity contribution in [3.63, 3.8) is 0 Å². The van der Waals surface area contributed by atoms with Crippen LogP contribution in [0.1, 0.15) is 36.3 Å². The van der Waals surface area contributed by atoms with Crippen LogP contribution in [0.25, 0.3) is 0 Å². The van der Waals surface area contributed by atoms with E-state index in [1.165, 1.54) is 6.33 Å². The molecule has 1 saturated heterocycles. The van der Waals surface area contributed by atoms with Gasteiger partial charge in [0.25, 0.3) is 5.91 Å². The molecule has 0 aromatic carbocycles. The highest BCUT2D eigenvalue weighted by molar-refractivity contribution is 5.90. The Morgan fingerprint density at radius 1 is 1.33 bits per heavy atom. The number of piperidine rings is 1. The zero-order chi connectivity index (χ0) is 12.4. The highest BCUT2D eigenvalue weighted by Crippen LogP contribution is 2.29. The standard InChI is InChI=1S/C12H19N5O/c18-12(11-14-8-15-16-11)17(10-1-2-10)7-9-3-5-13-6-4-9/h8-10,13H,1-7H2,(H,14,15,16). The van der Waals surface area contributed by atoms with Crippen LogP contribution in [0.2, 0.25) is 0 Å². The van der Waals surface area contributed by atoms with Gasteiger partial charge in [0.2, 0.25) is 5.82 Å². The van der Waals surface area contributed by atoms with E-state index in [2.05, 4.69) is 20.5 Å². The number of nitrogens with one attached hydrogen (secondary N) is 2. The van der Waals surface area contributed by atoms with Crippen molar-refractivity contribution in [3.8, 4) is 0 Å². The van der Waals surface area contributed by atoms with Gasteiger partial charge in [-0.1, -0.05) is 0 Å². The van der Waals surface area contributed by atoms with Crippen LogP contribution in [0.3, 0.4) is 0 Å². The molecule has 2 fully saturated rings. The van der Waals surface area contributed by atoms with E-state index in [9.17, 15) is 4.79 Å². The van der Waals surface area contributed by atoms with Gasteiger partial charge in [-0.3, -0.25) is 9.89 Å². The first kappa shape index (κ1) is 11.6. The fourth-order valence-corrected chi connectivity index (χ4v) is 2.57. The Hall–Kier alpha value is -1.43. The molecule has 3 rings (SSSR count). The molecule has 6 nitrogen and oxygen atoms in total. The third-order valence-corrected chi connectivity index (χ3v) is 3.78. The number of aromatic amines is 1. The molecule has 0 spiro atoms. The zero-order valence-electron chi connectivity index (χ0n) is 10.4. The average molecular weight is 249 g/mol. The van der Waals surface area contributed by atoms with Gasteiger partial charge in [-0.2, -0.15) is 5.10 Å². The number of carbonyl (C=O) groups excluding carboxylic acids is 1. The summed E-state index contributed by atoms with van der Waals surface area (Å²) in [4.78, 5) is 18.3. The lowest BCUT2D eigenvalue weighted by molar-refractivity contribution is 0.0689. The Kier molecular flexibility index (Phi) is 3.27.